The number of nitrogens with one attached hydrogen (secondary N) is 1. The SMILES string of the molecule is CCNCCc1ccccc1COc1ccc(F)c(F)c1. The van der Waals surface area contributed by atoms with Crippen molar-refractivity contribution in [1.29, 1.82) is 0 Å². The Balaban J connectivity index is 2.00. The van der Waals surface area contributed by atoms with E-state index in [-0.39, 0.29) is 0 Å². The van der Waals surface area contributed by atoms with Crippen molar-refractivity contribution in [1.82, 2.24) is 5.32 Å². The molecule has 0 saturated carbocycles. The summed E-state index contributed by atoms with van der Waals surface area (Å²) in [7, 11) is 0. The van der Waals surface area contributed by atoms with Gasteiger partial charge >= 0.3 is 0 Å². The molecule has 2 aromatic carbocycles. The van der Waals surface area contributed by atoms with Crippen LogP contribution in [0.15, 0.2) is 42.5 Å². The highest BCUT2D eigenvalue weighted by molar-refractivity contribution is 5.29. The molecule has 0 heterocycles. The molecule has 0 amide bonds. The van der Waals surface area contributed by atoms with Crippen LogP contribution >= 0.6 is 0 Å². The first-order valence-electron chi connectivity index (χ1n) is 7.06. The van der Waals surface area contributed by atoms with Gasteiger partial charge in [-0.25, -0.2) is 8.78 Å². The Kier molecular flexibility index (Phi) is 5.69. The van der Waals surface area contributed by atoms with E-state index in [1.807, 2.05) is 18.2 Å². The van der Waals surface area contributed by atoms with Crippen LogP contribution in [0.1, 0.15) is 18.1 Å². The quantitative estimate of drug-likeness (QED) is 0.785. The molecule has 112 valence electrons. The lowest BCUT2D eigenvalue weighted by Gasteiger charge is -2.11. The van der Waals surface area contributed by atoms with Gasteiger partial charge in [0.25, 0.3) is 0 Å². The van der Waals surface area contributed by atoms with Crippen LogP contribution in [0, 0.1) is 11.6 Å². The molecule has 0 radical (unpaired) electrons. The Bertz CT molecular complexity index is 587. The molecule has 2 nitrogen and oxygen atoms in total. The van der Waals surface area contributed by atoms with Crippen molar-refractivity contribution in [2.75, 3.05) is 13.1 Å². The van der Waals surface area contributed by atoms with E-state index in [1.54, 1.807) is 0 Å². The number of benzene rings is 2. The number of hydrogen-bond acceptors (Lipinski definition) is 2. The summed E-state index contributed by atoms with van der Waals surface area (Å²) in [4.78, 5) is 0. The fourth-order valence-electron chi connectivity index (χ4n) is 2.07. The number of ether oxygens (including phenoxy) is 1. The molecule has 2 rings (SSSR count). The summed E-state index contributed by atoms with van der Waals surface area (Å²) < 4.78 is 31.5. The minimum Gasteiger partial charge on any atom is -0.489 e. The second kappa shape index (κ2) is 7.74. The lowest BCUT2D eigenvalue weighted by atomic mass is 10.1. The number of likely N-dealkylation sites (N-methyl/N-ethyl adjacent to an activating group) is 1. The van der Waals surface area contributed by atoms with Crippen LogP contribution in [-0.2, 0) is 13.0 Å². The topological polar surface area (TPSA) is 21.3 Å². The van der Waals surface area contributed by atoms with E-state index in [2.05, 4.69) is 18.3 Å². The standard InChI is InChI=1S/C17H19F2NO/c1-2-20-10-9-13-5-3-4-6-14(13)12-21-15-7-8-16(18)17(19)11-15/h3-8,11,20H,2,9-10,12H2,1H3. The molecule has 1 N–H and O–H groups in total. The molecule has 0 aliphatic heterocycles. The van der Waals surface area contributed by atoms with Gasteiger partial charge in [-0.05, 0) is 42.8 Å². The Morgan fingerprint density at radius 1 is 1.00 bits per heavy atom. The predicted octanol–water partition coefficient (Wildman–Crippen LogP) is 3.70. The molecule has 0 atom stereocenters. The molecule has 21 heavy (non-hydrogen) atoms. The lowest BCUT2D eigenvalue weighted by molar-refractivity contribution is 0.302. The molecule has 0 bridgehead atoms. The summed E-state index contributed by atoms with van der Waals surface area (Å²) in [6.07, 6.45) is 0.908. The van der Waals surface area contributed by atoms with Gasteiger partial charge in [0.05, 0.1) is 0 Å². The zero-order valence-electron chi connectivity index (χ0n) is 12.0. The highest BCUT2D eigenvalue weighted by atomic mass is 19.2. The van der Waals surface area contributed by atoms with Gasteiger partial charge in [-0.1, -0.05) is 31.2 Å². The van der Waals surface area contributed by atoms with Crippen molar-refractivity contribution in [2.45, 2.75) is 20.0 Å². The lowest BCUT2D eigenvalue weighted by Crippen LogP contribution is -2.17. The highest BCUT2D eigenvalue weighted by Crippen LogP contribution is 2.18. The van der Waals surface area contributed by atoms with Gasteiger partial charge in [0, 0.05) is 6.07 Å². The van der Waals surface area contributed by atoms with E-state index in [4.69, 9.17) is 4.74 Å². The molecule has 0 aliphatic rings. The van der Waals surface area contributed by atoms with Crippen LogP contribution in [0.2, 0.25) is 0 Å². The summed E-state index contributed by atoms with van der Waals surface area (Å²) in [6.45, 7) is 4.25. The van der Waals surface area contributed by atoms with Crippen LogP contribution in [0.4, 0.5) is 8.78 Å². The third-order valence-electron chi connectivity index (χ3n) is 3.22. The molecule has 2 aromatic rings. The normalized spacial score (nSPS) is 10.6. The van der Waals surface area contributed by atoms with Gasteiger partial charge < -0.3 is 10.1 Å². The molecule has 0 unspecified atom stereocenters. The molecule has 0 aliphatic carbocycles. The third kappa shape index (κ3) is 4.53. The Labute approximate surface area is 123 Å². The molecule has 0 aromatic heterocycles. The Morgan fingerprint density at radius 2 is 1.76 bits per heavy atom. The molecular weight excluding hydrogens is 272 g/mol. The second-order valence-corrected chi connectivity index (χ2v) is 4.74. The first-order valence-corrected chi connectivity index (χ1v) is 7.06. The van der Waals surface area contributed by atoms with Gasteiger partial charge in [-0.15, -0.1) is 0 Å². The maximum atomic E-state index is 13.1. The molecule has 0 spiro atoms. The smallest absolute Gasteiger partial charge is 0.162 e. The fourth-order valence-corrected chi connectivity index (χ4v) is 2.07. The fraction of sp³-hybridized carbons (Fsp3) is 0.294. The van der Waals surface area contributed by atoms with Crippen LogP contribution in [0.25, 0.3) is 0 Å². The zero-order chi connectivity index (χ0) is 15.1. The molecule has 0 fully saturated rings. The maximum absolute atomic E-state index is 13.1. The van der Waals surface area contributed by atoms with E-state index in [9.17, 15) is 8.78 Å². The Hall–Kier alpha value is -1.94. The number of hydrogen-bond donors (Lipinski definition) is 1. The van der Waals surface area contributed by atoms with E-state index in [1.165, 1.54) is 11.6 Å². The van der Waals surface area contributed by atoms with Gasteiger partial charge in [0.15, 0.2) is 11.6 Å². The van der Waals surface area contributed by atoms with E-state index in [0.717, 1.165) is 37.2 Å². The van der Waals surface area contributed by atoms with Gasteiger partial charge in [-0.2, -0.15) is 0 Å². The Morgan fingerprint density at radius 3 is 2.48 bits per heavy atom. The van der Waals surface area contributed by atoms with Crippen molar-refractivity contribution in [3.05, 3.63) is 65.2 Å². The van der Waals surface area contributed by atoms with Crippen molar-refractivity contribution in [2.24, 2.45) is 0 Å². The highest BCUT2D eigenvalue weighted by Gasteiger charge is 2.05. The van der Waals surface area contributed by atoms with Gasteiger partial charge in [-0.3, -0.25) is 0 Å². The summed E-state index contributed by atoms with van der Waals surface area (Å²) in [6, 6.07) is 11.5. The second-order valence-electron chi connectivity index (χ2n) is 4.74. The third-order valence-corrected chi connectivity index (χ3v) is 3.22. The van der Waals surface area contributed by atoms with Crippen molar-refractivity contribution < 1.29 is 13.5 Å². The molecule has 0 saturated heterocycles. The minimum absolute atomic E-state index is 0.329. The molecular formula is C17H19F2NO. The average Bonchev–Trinajstić information content (AvgIpc) is 2.50. The van der Waals surface area contributed by atoms with E-state index >= 15 is 0 Å². The van der Waals surface area contributed by atoms with Gasteiger partial charge in [0.1, 0.15) is 12.4 Å². The first kappa shape index (κ1) is 15.4. The summed E-state index contributed by atoms with van der Waals surface area (Å²) in [5.74, 6) is -1.43. The van der Waals surface area contributed by atoms with Gasteiger partial charge in [0.2, 0.25) is 0 Å². The summed E-state index contributed by atoms with van der Waals surface area (Å²) in [5.41, 5.74) is 2.25. The summed E-state index contributed by atoms with van der Waals surface area (Å²) >= 11 is 0. The maximum Gasteiger partial charge on any atom is 0.162 e. The number of rotatable bonds is 7. The van der Waals surface area contributed by atoms with Crippen LogP contribution in [-0.4, -0.2) is 13.1 Å². The van der Waals surface area contributed by atoms with Crippen LogP contribution < -0.4 is 10.1 Å². The minimum atomic E-state index is -0.895. The summed E-state index contributed by atoms with van der Waals surface area (Å²) in [5, 5.41) is 3.28. The zero-order valence-corrected chi connectivity index (χ0v) is 12.0. The van der Waals surface area contributed by atoms with Crippen molar-refractivity contribution in [3.8, 4) is 5.75 Å². The monoisotopic (exact) mass is 291 g/mol. The molecule has 4 heteroatoms. The number of halogens is 2. The van der Waals surface area contributed by atoms with Crippen molar-refractivity contribution in [3.63, 3.8) is 0 Å². The van der Waals surface area contributed by atoms with E-state index < -0.39 is 11.6 Å². The van der Waals surface area contributed by atoms with Crippen molar-refractivity contribution >= 4 is 0 Å². The largest absolute Gasteiger partial charge is 0.489 e. The van der Waals surface area contributed by atoms with Crippen LogP contribution in [0.5, 0.6) is 5.75 Å². The van der Waals surface area contributed by atoms with Crippen LogP contribution in [0.3, 0.4) is 0 Å². The van der Waals surface area contributed by atoms with E-state index in [0.29, 0.717) is 12.4 Å². The predicted molar refractivity (Wildman–Crippen MR) is 79.4 cm³/mol. The average molecular weight is 291 g/mol. The first-order chi connectivity index (χ1) is 10.2.